The van der Waals surface area contributed by atoms with Crippen molar-refractivity contribution in [3.63, 3.8) is 0 Å². The van der Waals surface area contributed by atoms with E-state index in [4.69, 9.17) is 9.40 Å². The Balaban J connectivity index is 0.000000309. The molecule has 0 saturated carbocycles. The predicted octanol–water partition coefficient (Wildman–Crippen LogP) is 14.5. The number of furan rings is 1. The summed E-state index contributed by atoms with van der Waals surface area (Å²) in [6.07, 6.45) is 9.64. The first-order valence-electron chi connectivity index (χ1n) is 19.4. The molecule has 0 aliphatic heterocycles. The molecule has 0 aliphatic rings. The molecular formula is C48H58IrNO3S-. The number of aliphatic hydroxyl groups excluding tert-OH is 1. The quantitative estimate of drug-likeness (QED) is 0.0799. The number of ketones is 1. The van der Waals surface area contributed by atoms with Crippen molar-refractivity contribution >= 4 is 48.9 Å². The Bertz CT molecular complexity index is 2240. The van der Waals surface area contributed by atoms with Crippen molar-refractivity contribution in [2.75, 3.05) is 0 Å². The molecule has 0 bridgehead atoms. The molecule has 1 N–H and O–H groups in total. The van der Waals surface area contributed by atoms with Gasteiger partial charge in [0.05, 0.1) is 0 Å². The normalized spacial score (nSPS) is 12.6. The Kier molecular flexibility index (Phi) is 14.0. The van der Waals surface area contributed by atoms with Crippen molar-refractivity contribution in [2.24, 2.45) is 16.7 Å². The Morgan fingerprint density at radius 1 is 0.870 bits per heavy atom. The molecule has 0 aliphatic carbocycles. The van der Waals surface area contributed by atoms with Crippen LogP contribution in [0, 0.1) is 22.8 Å². The van der Waals surface area contributed by atoms with Gasteiger partial charge >= 0.3 is 0 Å². The second kappa shape index (κ2) is 17.5. The molecule has 3 aromatic carbocycles. The molecule has 0 unspecified atom stereocenters. The minimum Gasteiger partial charge on any atom is -0.512 e. The summed E-state index contributed by atoms with van der Waals surface area (Å²) in [6, 6.07) is 25.5. The van der Waals surface area contributed by atoms with Gasteiger partial charge in [-0.1, -0.05) is 117 Å². The number of benzene rings is 3. The van der Waals surface area contributed by atoms with Crippen LogP contribution in [0.15, 0.2) is 89.4 Å². The van der Waals surface area contributed by atoms with E-state index >= 15 is 0 Å². The van der Waals surface area contributed by atoms with Crippen molar-refractivity contribution < 1.29 is 34.4 Å². The van der Waals surface area contributed by atoms with Crippen molar-refractivity contribution in [1.29, 1.82) is 0 Å². The molecule has 289 valence electrons. The molecule has 4 nitrogen and oxygen atoms in total. The molecule has 0 amide bonds. The number of thiophene rings is 1. The number of nitrogens with zero attached hydrogens (tertiary/aromatic N) is 1. The average molecular weight is 921 g/mol. The van der Waals surface area contributed by atoms with Crippen LogP contribution in [0.4, 0.5) is 0 Å². The number of carbonyl (C=O) groups excluding carboxylic acids is 1. The zero-order valence-electron chi connectivity index (χ0n) is 34.1. The maximum absolute atomic E-state index is 12.2. The van der Waals surface area contributed by atoms with Crippen LogP contribution in [0.3, 0.4) is 0 Å². The number of hydrogen-bond donors (Lipinski definition) is 1. The van der Waals surface area contributed by atoms with Gasteiger partial charge in [-0.3, -0.25) is 9.78 Å². The van der Waals surface area contributed by atoms with E-state index in [0.29, 0.717) is 5.92 Å². The van der Waals surface area contributed by atoms with Crippen LogP contribution in [0.1, 0.15) is 113 Å². The van der Waals surface area contributed by atoms with E-state index in [-0.39, 0.29) is 47.9 Å². The minimum atomic E-state index is -0.337. The van der Waals surface area contributed by atoms with Gasteiger partial charge in [0.1, 0.15) is 17.6 Å². The van der Waals surface area contributed by atoms with Gasteiger partial charge in [0, 0.05) is 69.4 Å². The number of carbonyl (C=O) groups is 1. The molecule has 6 aromatic rings. The summed E-state index contributed by atoms with van der Waals surface area (Å²) in [6.45, 7) is 23.4. The summed E-state index contributed by atoms with van der Waals surface area (Å²) in [7, 11) is 0. The number of aromatic nitrogens is 1. The summed E-state index contributed by atoms with van der Waals surface area (Å²) < 4.78 is 7.24. The van der Waals surface area contributed by atoms with Crippen molar-refractivity contribution in [2.45, 2.75) is 114 Å². The van der Waals surface area contributed by atoms with E-state index in [1.165, 1.54) is 32.2 Å². The second-order valence-corrected chi connectivity index (χ2v) is 17.7. The van der Waals surface area contributed by atoms with E-state index in [1.807, 2.05) is 54.0 Å². The van der Waals surface area contributed by atoms with E-state index in [0.717, 1.165) is 70.7 Å². The summed E-state index contributed by atoms with van der Waals surface area (Å²) in [5, 5.41) is 14.8. The molecular weight excluding hydrogens is 863 g/mol. The van der Waals surface area contributed by atoms with E-state index in [2.05, 4.69) is 101 Å². The van der Waals surface area contributed by atoms with Gasteiger partial charge in [-0.05, 0) is 72.6 Å². The summed E-state index contributed by atoms with van der Waals surface area (Å²) in [5.41, 5.74) is 6.18. The summed E-state index contributed by atoms with van der Waals surface area (Å²) >= 11 is 1.79. The van der Waals surface area contributed by atoms with E-state index in [1.54, 1.807) is 11.3 Å². The van der Waals surface area contributed by atoms with Crippen LogP contribution in [-0.2, 0) is 36.7 Å². The largest absolute Gasteiger partial charge is 0.512 e. The first-order valence-corrected chi connectivity index (χ1v) is 20.2. The smallest absolute Gasteiger partial charge is 0.164 e. The molecule has 54 heavy (non-hydrogen) atoms. The first-order chi connectivity index (χ1) is 25.1. The Labute approximate surface area is 340 Å². The van der Waals surface area contributed by atoms with Gasteiger partial charge in [-0.2, -0.15) is 0 Å². The number of aliphatic hydroxyl groups is 1. The number of rotatable bonds is 11. The third-order valence-electron chi connectivity index (χ3n) is 11.4. The van der Waals surface area contributed by atoms with Crippen molar-refractivity contribution in [1.82, 2.24) is 4.98 Å². The fraction of sp³-hybridized carbons (Fsp3) is 0.417. The molecule has 0 fully saturated rings. The predicted molar refractivity (Wildman–Crippen MR) is 227 cm³/mol. The monoisotopic (exact) mass is 921 g/mol. The summed E-state index contributed by atoms with van der Waals surface area (Å²) in [4.78, 5) is 18.2. The van der Waals surface area contributed by atoms with Crippen LogP contribution < -0.4 is 0 Å². The third-order valence-corrected chi connectivity index (χ3v) is 12.6. The number of allylic oxidation sites excluding steroid dienone is 2. The van der Waals surface area contributed by atoms with Gasteiger partial charge in [-0.25, -0.2) is 0 Å². The van der Waals surface area contributed by atoms with Crippen LogP contribution >= 0.6 is 11.3 Å². The van der Waals surface area contributed by atoms with Gasteiger partial charge in [0.25, 0.3) is 0 Å². The minimum absolute atomic E-state index is 0. The molecule has 1 radical (unpaired) electrons. The van der Waals surface area contributed by atoms with Gasteiger partial charge in [0.2, 0.25) is 0 Å². The standard InChI is InChI=1S/C33H30NOS.C15H28O2.Ir/c1-20(2)14-21-10-11-25-27(19-35-29(25)15-21)31-18-26-30(36-31)12-13-34-32(26)23-16-22-8-6-7-9-24(22)28(17-23)33(3,4)5;1-7-14(5,8-2)12(16)11-13(17)15(6,9-3)10-4;/h6-13,15,17-20H,14H2,1-5H3;11,16H,7-10H2,1-6H3;/q-1;;/b;12-11-;. The maximum atomic E-state index is 12.2. The maximum Gasteiger partial charge on any atom is 0.164 e. The SMILES string of the molecule is CC(C)Cc1ccc2c(-c3cc4c(-c5[c-]c6ccccc6c(C(C)(C)C)c5)nccc4s3)coc2c1.CCC(C)(CC)C(=O)/C=C(\O)C(C)(CC)CC.[Ir]. The number of hydrogen-bond acceptors (Lipinski definition) is 5. The average Bonchev–Trinajstić information content (AvgIpc) is 3.77. The fourth-order valence-corrected chi connectivity index (χ4v) is 7.91. The second-order valence-electron chi connectivity index (χ2n) is 16.6. The fourth-order valence-electron chi connectivity index (χ4n) is 6.83. The molecule has 0 spiro atoms. The molecule has 6 heteroatoms. The molecule has 6 rings (SSSR count). The van der Waals surface area contributed by atoms with E-state index < -0.39 is 0 Å². The Morgan fingerprint density at radius 2 is 1.54 bits per heavy atom. The van der Waals surface area contributed by atoms with Crippen LogP contribution in [0.2, 0.25) is 0 Å². The van der Waals surface area contributed by atoms with Crippen molar-refractivity contribution in [3.05, 3.63) is 102 Å². The van der Waals surface area contributed by atoms with Crippen LogP contribution in [0.5, 0.6) is 0 Å². The zero-order valence-corrected chi connectivity index (χ0v) is 37.3. The Hall–Kier alpha value is -3.57. The van der Waals surface area contributed by atoms with Crippen molar-refractivity contribution in [3.8, 4) is 21.7 Å². The van der Waals surface area contributed by atoms with Gasteiger partial charge in [0.15, 0.2) is 5.78 Å². The topological polar surface area (TPSA) is 63.3 Å². The molecule has 0 saturated heterocycles. The van der Waals surface area contributed by atoms with Crippen LogP contribution in [-0.4, -0.2) is 15.9 Å². The Morgan fingerprint density at radius 3 is 2.17 bits per heavy atom. The third kappa shape index (κ3) is 9.10. The zero-order chi connectivity index (χ0) is 38.7. The molecule has 3 aromatic heterocycles. The summed E-state index contributed by atoms with van der Waals surface area (Å²) in [5.74, 6) is 0.907. The van der Waals surface area contributed by atoms with Crippen LogP contribution in [0.25, 0.3) is 53.5 Å². The molecule has 0 atom stereocenters. The number of fused-ring (bicyclic) bond motifs is 3. The van der Waals surface area contributed by atoms with E-state index in [9.17, 15) is 9.90 Å². The first kappa shape index (κ1) is 43.2. The molecule has 3 heterocycles. The van der Waals surface area contributed by atoms with Gasteiger partial charge < -0.3 is 9.52 Å². The van der Waals surface area contributed by atoms with Gasteiger partial charge in [-0.15, -0.1) is 40.5 Å². The number of pyridine rings is 1.